The molecule has 78 valence electrons. The van der Waals surface area contributed by atoms with Crippen LogP contribution >= 0.6 is 27.5 Å². The summed E-state index contributed by atoms with van der Waals surface area (Å²) in [6.45, 7) is 2.07. The average molecular weight is 287 g/mol. The molecule has 1 rings (SSSR count). The van der Waals surface area contributed by atoms with E-state index in [2.05, 4.69) is 33.1 Å². The number of rotatable bonds is 2. The van der Waals surface area contributed by atoms with Gasteiger partial charge in [0.2, 0.25) is 0 Å². The van der Waals surface area contributed by atoms with E-state index in [1.54, 1.807) is 25.1 Å². The van der Waals surface area contributed by atoms with Crippen LogP contribution in [-0.4, -0.2) is 12.5 Å². The van der Waals surface area contributed by atoms with Crippen LogP contribution in [-0.2, 0) is 0 Å². The van der Waals surface area contributed by atoms with E-state index < -0.39 is 0 Å². The Morgan fingerprint density at radius 2 is 2.33 bits per heavy atom. The highest BCUT2D eigenvalue weighted by Gasteiger charge is 2.09. The summed E-state index contributed by atoms with van der Waals surface area (Å²) in [6, 6.07) is 5.07. The molecule has 2 nitrogen and oxygen atoms in total. The molecular weight excluding hydrogens is 277 g/mol. The molecule has 0 aliphatic carbocycles. The maximum Gasteiger partial charge on any atom is 0.253 e. The van der Waals surface area contributed by atoms with Crippen LogP contribution in [0, 0.1) is 11.8 Å². The lowest BCUT2D eigenvalue weighted by molar-refractivity contribution is 0.0958. The molecule has 1 N–H and O–H groups in total. The number of amides is 1. The first-order valence-electron chi connectivity index (χ1n) is 4.28. The Morgan fingerprint density at radius 1 is 1.60 bits per heavy atom. The van der Waals surface area contributed by atoms with Gasteiger partial charge in [-0.05, 0) is 41.1 Å². The van der Waals surface area contributed by atoms with Crippen molar-refractivity contribution in [2.24, 2.45) is 0 Å². The zero-order valence-electron chi connectivity index (χ0n) is 8.10. The molecule has 0 bridgehead atoms. The average Bonchev–Trinajstić information content (AvgIpc) is 2.22. The Morgan fingerprint density at radius 3 is 3.00 bits per heavy atom. The number of hydrogen-bond acceptors (Lipinski definition) is 1. The fraction of sp³-hybridized carbons (Fsp3) is 0.182. The minimum absolute atomic E-state index is 0.188. The van der Waals surface area contributed by atoms with Gasteiger partial charge >= 0.3 is 0 Å². The van der Waals surface area contributed by atoms with Gasteiger partial charge in [0, 0.05) is 9.50 Å². The maximum absolute atomic E-state index is 11.6. The summed E-state index contributed by atoms with van der Waals surface area (Å²) >= 11 is 9.08. The topological polar surface area (TPSA) is 29.1 Å². The summed E-state index contributed by atoms with van der Waals surface area (Å²) < 4.78 is 0.717. The van der Waals surface area contributed by atoms with Crippen molar-refractivity contribution in [2.75, 3.05) is 6.54 Å². The van der Waals surface area contributed by atoms with Gasteiger partial charge in [0.25, 0.3) is 5.91 Å². The maximum atomic E-state index is 11.6. The first-order valence-corrected chi connectivity index (χ1v) is 5.45. The fourth-order valence-corrected chi connectivity index (χ4v) is 1.58. The van der Waals surface area contributed by atoms with Crippen molar-refractivity contribution in [1.82, 2.24) is 5.32 Å². The van der Waals surface area contributed by atoms with E-state index in [9.17, 15) is 4.79 Å². The standard InChI is InChI=1S/C11H9BrClNO/c1-2-3-6-14-11(15)9-7-8(13)4-5-10(9)12/h4-5,7H,6H2,1H3,(H,14,15). The molecule has 0 saturated carbocycles. The second-order valence-corrected chi connectivity index (χ2v) is 4.02. The summed E-state index contributed by atoms with van der Waals surface area (Å²) in [5.74, 6) is 5.26. The third kappa shape index (κ3) is 3.58. The summed E-state index contributed by atoms with van der Waals surface area (Å²) in [6.07, 6.45) is 0. The molecule has 4 heteroatoms. The largest absolute Gasteiger partial charge is 0.341 e. The van der Waals surface area contributed by atoms with E-state index in [4.69, 9.17) is 11.6 Å². The minimum Gasteiger partial charge on any atom is -0.341 e. The van der Waals surface area contributed by atoms with Crippen LogP contribution < -0.4 is 5.32 Å². The van der Waals surface area contributed by atoms with E-state index >= 15 is 0 Å². The molecule has 1 aromatic carbocycles. The van der Waals surface area contributed by atoms with Crippen LogP contribution in [0.25, 0.3) is 0 Å². The van der Waals surface area contributed by atoms with Crippen LogP contribution in [0.5, 0.6) is 0 Å². The Hall–Kier alpha value is -0.980. The quantitative estimate of drug-likeness (QED) is 0.832. The van der Waals surface area contributed by atoms with Crippen LogP contribution in [0.3, 0.4) is 0 Å². The van der Waals surface area contributed by atoms with Gasteiger partial charge in [0.15, 0.2) is 0 Å². The smallest absolute Gasteiger partial charge is 0.253 e. The van der Waals surface area contributed by atoms with Gasteiger partial charge in [-0.25, -0.2) is 0 Å². The fourth-order valence-electron chi connectivity index (χ4n) is 0.980. The summed E-state index contributed by atoms with van der Waals surface area (Å²) in [5.41, 5.74) is 0.514. The van der Waals surface area contributed by atoms with Crippen molar-refractivity contribution < 1.29 is 4.79 Å². The SMILES string of the molecule is CC#CCNC(=O)c1cc(Cl)ccc1Br. The first-order chi connectivity index (χ1) is 7.15. The third-order valence-corrected chi connectivity index (χ3v) is 2.61. The molecule has 0 aromatic heterocycles. The Balaban J connectivity index is 2.80. The van der Waals surface area contributed by atoms with E-state index in [1.165, 1.54) is 0 Å². The lowest BCUT2D eigenvalue weighted by Gasteiger charge is -2.04. The number of halogens is 2. The van der Waals surface area contributed by atoms with Crippen molar-refractivity contribution in [2.45, 2.75) is 6.92 Å². The number of carbonyl (C=O) groups excluding carboxylic acids is 1. The Kier molecular flexibility index (Phi) is 4.67. The van der Waals surface area contributed by atoms with Crippen molar-refractivity contribution in [1.29, 1.82) is 0 Å². The van der Waals surface area contributed by atoms with E-state index in [-0.39, 0.29) is 5.91 Å². The molecule has 0 heterocycles. The second-order valence-electron chi connectivity index (χ2n) is 2.73. The molecule has 0 aliphatic heterocycles. The summed E-state index contributed by atoms with van der Waals surface area (Å²) in [5, 5.41) is 3.20. The molecule has 0 fully saturated rings. The molecule has 0 aliphatic rings. The van der Waals surface area contributed by atoms with Gasteiger partial charge in [-0.15, -0.1) is 5.92 Å². The monoisotopic (exact) mass is 285 g/mol. The number of nitrogens with one attached hydrogen (secondary N) is 1. The van der Waals surface area contributed by atoms with E-state index in [0.717, 1.165) is 0 Å². The molecule has 0 unspecified atom stereocenters. The van der Waals surface area contributed by atoms with Crippen LogP contribution in [0.4, 0.5) is 0 Å². The highest BCUT2D eigenvalue weighted by molar-refractivity contribution is 9.10. The number of benzene rings is 1. The third-order valence-electron chi connectivity index (χ3n) is 1.69. The van der Waals surface area contributed by atoms with Crippen molar-refractivity contribution in [3.8, 4) is 11.8 Å². The van der Waals surface area contributed by atoms with Gasteiger partial charge in [-0.3, -0.25) is 4.79 Å². The van der Waals surface area contributed by atoms with Crippen molar-refractivity contribution in [3.05, 3.63) is 33.3 Å². The highest BCUT2D eigenvalue weighted by Crippen LogP contribution is 2.20. The molecule has 0 spiro atoms. The molecule has 1 amide bonds. The van der Waals surface area contributed by atoms with E-state index in [0.29, 0.717) is 21.6 Å². The molecular formula is C11H9BrClNO. The predicted octanol–water partition coefficient (Wildman–Crippen LogP) is 2.86. The molecule has 0 radical (unpaired) electrons. The first kappa shape index (κ1) is 12.1. The van der Waals surface area contributed by atoms with Gasteiger partial charge in [-0.2, -0.15) is 0 Å². The van der Waals surface area contributed by atoms with Crippen molar-refractivity contribution in [3.63, 3.8) is 0 Å². The Labute approximate surface area is 102 Å². The zero-order chi connectivity index (χ0) is 11.3. The number of carbonyl (C=O) groups is 1. The van der Waals surface area contributed by atoms with E-state index in [1.807, 2.05) is 0 Å². The highest BCUT2D eigenvalue weighted by atomic mass is 79.9. The molecule has 1 aromatic rings. The summed E-state index contributed by atoms with van der Waals surface area (Å²) in [4.78, 5) is 11.6. The van der Waals surface area contributed by atoms with Crippen molar-refractivity contribution >= 4 is 33.4 Å². The van der Waals surface area contributed by atoms with Gasteiger partial charge in [0.1, 0.15) is 0 Å². The predicted molar refractivity (Wildman–Crippen MR) is 64.9 cm³/mol. The normalized spacial score (nSPS) is 9.00. The molecule has 15 heavy (non-hydrogen) atoms. The van der Waals surface area contributed by atoms with Crippen LogP contribution in [0.2, 0.25) is 5.02 Å². The zero-order valence-corrected chi connectivity index (χ0v) is 10.4. The van der Waals surface area contributed by atoms with Crippen LogP contribution in [0.15, 0.2) is 22.7 Å². The van der Waals surface area contributed by atoms with Gasteiger partial charge in [0.05, 0.1) is 12.1 Å². The van der Waals surface area contributed by atoms with Gasteiger partial charge in [-0.1, -0.05) is 17.5 Å². The van der Waals surface area contributed by atoms with Gasteiger partial charge < -0.3 is 5.32 Å². The molecule has 0 atom stereocenters. The number of hydrogen-bond donors (Lipinski definition) is 1. The lowest BCUT2D eigenvalue weighted by Crippen LogP contribution is -2.23. The second kappa shape index (κ2) is 5.79. The summed E-state index contributed by atoms with van der Waals surface area (Å²) in [7, 11) is 0. The Bertz CT molecular complexity index is 434. The van der Waals surface area contributed by atoms with Crippen LogP contribution in [0.1, 0.15) is 17.3 Å². The molecule has 0 saturated heterocycles. The minimum atomic E-state index is -0.188. The lowest BCUT2D eigenvalue weighted by atomic mass is 10.2.